The maximum absolute atomic E-state index is 12.6. The van der Waals surface area contributed by atoms with E-state index in [1.165, 1.54) is 19.2 Å². The molecule has 0 aliphatic rings. The van der Waals surface area contributed by atoms with Gasteiger partial charge in [0.25, 0.3) is 0 Å². The Morgan fingerprint density at radius 3 is 2.49 bits per heavy atom. The average Bonchev–Trinajstić information content (AvgIpc) is 2.85. The molecule has 0 atom stereocenters. The number of carbonyl (C=O) groups excluding carboxylic acids is 1. The van der Waals surface area contributed by atoms with Gasteiger partial charge in [-0.3, -0.25) is 0 Å². The Morgan fingerprint density at radius 1 is 1.00 bits per heavy atom. The molecule has 3 aromatic carbocycles. The van der Waals surface area contributed by atoms with Crippen molar-refractivity contribution >= 4 is 27.0 Å². The van der Waals surface area contributed by atoms with Crippen molar-refractivity contribution in [3.05, 3.63) is 105 Å². The Labute approximate surface area is 202 Å². The summed E-state index contributed by atoms with van der Waals surface area (Å²) in [5.74, 6) is -0.322. The van der Waals surface area contributed by atoms with Gasteiger partial charge in [-0.2, -0.15) is 0 Å². The minimum absolute atomic E-state index is 0.0287. The maximum Gasteiger partial charge on any atom is 0.338 e. The van der Waals surface area contributed by atoms with Gasteiger partial charge in [0.15, 0.2) is 0 Å². The lowest BCUT2D eigenvalue weighted by atomic mass is 10.1. The molecular formula is C26H23NO7S. The van der Waals surface area contributed by atoms with Crippen molar-refractivity contribution in [3.8, 4) is 5.75 Å². The first-order chi connectivity index (χ1) is 16.8. The molecule has 180 valence electrons. The second kappa shape index (κ2) is 10.1. The van der Waals surface area contributed by atoms with E-state index in [0.717, 1.165) is 5.56 Å². The molecule has 9 heteroatoms. The summed E-state index contributed by atoms with van der Waals surface area (Å²) >= 11 is 0. The minimum atomic E-state index is -3.79. The van der Waals surface area contributed by atoms with Gasteiger partial charge in [0.2, 0.25) is 10.0 Å². The van der Waals surface area contributed by atoms with E-state index in [2.05, 4.69) is 4.72 Å². The highest BCUT2D eigenvalue weighted by atomic mass is 32.2. The zero-order valence-electron chi connectivity index (χ0n) is 19.1. The molecule has 4 aromatic rings. The molecule has 0 aliphatic carbocycles. The SMILES string of the molecule is COc1ccccc1S(=O)(=O)NCc1ccc(C(=O)OCc2cc(=O)oc3cc(C)ccc23)cc1. The number of aryl methyl sites for hydroxylation is 1. The van der Waals surface area contributed by atoms with Crippen LogP contribution in [0, 0.1) is 6.92 Å². The van der Waals surface area contributed by atoms with Crippen LogP contribution in [0.3, 0.4) is 0 Å². The van der Waals surface area contributed by atoms with Crippen molar-refractivity contribution in [1.29, 1.82) is 0 Å². The lowest BCUT2D eigenvalue weighted by Gasteiger charge is -2.11. The highest BCUT2D eigenvalue weighted by molar-refractivity contribution is 7.89. The number of benzene rings is 3. The summed E-state index contributed by atoms with van der Waals surface area (Å²) in [4.78, 5) is 24.4. The van der Waals surface area contributed by atoms with Crippen LogP contribution in [0.2, 0.25) is 0 Å². The van der Waals surface area contributed by atoms with Crippen LogP contribution in [0.15, 0.2) is 86.9 Å². The van der Waals surface area contributed by atoms with Gasteiger partial charge >= 0.3 is 11.6 Å². The highest BCUT2D eigenvalue weighted by Crippen LogP contribution is 2.23. The Hall–Kier alpha value is -3.95. The lowest BCUT2D eigenvalue weighted by molar-refractivity contribution is 0.0474. The molecule has 0 saturated heterocycles. The third-order valence-corrected chi connectivity index (χ3v) is 6.80. The van der Waals surface area contributed by atoms with E-state index in [4.69, 9.17) is 13.9 Å². The van der Waals surface area contributed by atoms with Gasteiger partial charge in [-0.15, -0.1) is 0 Å². The summed E-state index contributed by atoms with van der Waals surface area (Å²) in [6.45, 7) is 1.82. The standard InChI is InChI=1S/C26H23NO7S/c1-17-7-12-21-20(14-25(28)34-23(21)13-17)16-33-26(29)19-10-8-18(9-11-19)15-27-35(30,31)24-6-4-3-5-22(24)32-2/h3-14,27H,15-16H2,1-2H3. The second-order valence-electron chi connectivity index (χ2n) is 7.84. The van der Waals surface area contributed by atoms with Crippen molar-refractivity contribution in [2.45, 2.75) is 25.0 Å². The lowest BCUT2D eigenvalue weighted by Crippen LogP contribution is -2.23. The average molecular weight is 494 g/mol. The van der Waals surface area contributed by atoms with Gasteiger partial charge in [0.1, 0.15) is 22.8 Å². The first-order valence-electron chi connectivity index (χ1n) is 10.7. The van der Waals surface area contributed by atoms with Gasteiger partial charge in [0, 0.05) is 23.6 Å². The molecule has 0 aliphatic heterocycles. The molecule has 35 heavy (non-hydrogen) atoms. The molecule has 0 bridgehead atoms. The van der Waals surface area contributed by atoms with Gasteiger partial charge < -0.3 is 13.9 Å². The fourth-order valence-corrected chi connectivity index (χ4v) is 4.72. The van der Waals surface area contributed by atoms with E-state index in [1.54, 1.807) is 48.5 Å². The smallest absolute Gasteiger partial charge is 0.338 e. The van der Waals surface area contributed by atoms with Crippen LogP contribution < -0.4 is 15.1 Å². The number of fused-ring (bicyclic) bond motifs is 1. The van der Waals surface area contributed by atoms with E-state index in [-0.39, 0.29) is 23.8 Å². The van der Waals surface area contributed by atoms with Crippen LogP contribution in [-0.2, 0) is 27.9 Å². The van der Waals surface area contributed by atoms with Crippen LogP contribution in [0.5, 0.6) is 5.75 Å². The molecule has 1 heterocycles. The molecule has 0 spiro atoms. The Kier molecular flexibility index (Phi) is 6.99. The summed E-state index contributed by atoms with van der Waals surface area (Å²) < 4.78 is 43.5. The van der Waals surface area contributed by atoms with Crippen LogP contribution in [0.1, 0.15) is 27.0 Å². The predicted octanol–water partition coefficient (Wildman–Crippen LogP) is 3.95. The summed E-state index contributed by atoms with van der Waals surface area (Å²) in [5, 5.41) is 0.695. The molecular weight excluding hydrogens is 470 g/mol. The molecule has 8 nitrogen and oxygen atoms in total. The van der Waals surface area contributed by atoms with Crippen LogP contribution in [0.25, 0.3) is 11.0 Å². The predicted molar refractivity (Wildman–Crippen MR) is 130 cm³/mol. The number of methoxy groups -OCH3 is 1. The largest absolute Gasteiger partial charge is 0.495 e. The van der Waals surface area contributed by atoms with Crippen LogP contribution >= 0.6 is 0 Å². The van der Waals surface area contributed by atoms with E-state index in [9.17, 15) is 18.0 Å². The minimum Gasteiger partial charge on any atom is -0.495 e. The van der Waals surface area contributed by atoms with Crippen molar-refractivity contribution in [1.82, 2.24) is 4.72 Å². The van der Waals surface area contributed by atoms with E-state index in [0.29, 0.717) is 27.7 Å². The summed E-state index contributed by atoms with van der Waals surface area (Å²) in [5.41, 5.74) is 2.36. The van der Waals surface area contributed by atoms with Crippen molar-refractivity contribution in [3.63, 3.8) is 0 Å². The van der Waals surface area contributed by atoms with Crippen LogP contribution in [-0.4, -0.2) is 21.5 Å². The highest BCUT2D eigenvalue weighted by Gasteiger charge is 2.18. The second-order valence-corrected chi connectivity index (χ2v) is 9.57. The number of para-hydroxylation sites is 1. The molecule has 0 amide bonds. The van der Waals surface area contributed by atoms with Crippen LogP contribution in [0.4, 0.5) is 0 Å². The van der Waals surface area contributed by atoms with E-state index < -0.39 is 21.6 Å². The molecule has 0 unspecified atom stereocenters. The summed E-state index contributed by atoms with van der Waals surface area (Å²) in [6.07, 6.45) is 0. The van der Waals surface area contributed by atoms with Gasteiger partial charge in [-0.25, -0.2) is 22.7 Å². The van der Waals surface area contributed by atoms with Gasteiger partial charge in [0.05, 0.1) is 12.7 Å². The molecule has 0 fully saturated rings. The van der Waals surface area contributed by atoms with Crippen molar-refractivity contribution < 1.29 is 27.1 Å². The maximum atomic E-state index is 12.6. The zero-order chi connectivity index (χ0) is 25.0. The fraction of sp³-hybridized carbons (Fsp3) is 0.154. The number of hydrogen-bond acceptors (Lipinski definition) is 7. The monoisotopic (exact) mass is 493 g/mol. The van der Waals surface area contributed by atoms with E-state index >= 15 is 0 Å². The Morgan fingerprint density at radius 2 is 1.74 bits per heavy atom. The Bertz CT molecular complexity index is 1540. The van der Waals surface area contributed by atoms with Gasteiger partial charge in [-0.1, -0.05) is 36.4 Å². The zero-order valence-corrected chi connectivity index (χ0v) is 19.9. The number of carbonyl (C=O) groups is 1. The first-order valence-corrected chi connectivity index (χ1v) is 12.2. The van der Waals surface area contributed by atoms with Crippen molar-refractivity contribution in [2.75, 3.05) is 7.11 Å². The number of nitrogens with one attached hydrogen (secondary N) is 1. The van der Waals surface area contributed by atoms with Crippen molar-refractivity contribution in [2.24, 2.45) is 0 Å². The Balaban J connectivity index is 1.41. The number of esters is 1. The van der Waals surface area contributed by atoms with Gasteiger partial charge in [-0.05, 0) is 48.4 Å². The fourth-order valence-electron chi connectivity index (χ4n) is 3.54. The summed E-state index contributed by atoms with van der Waals surface area (Å²) in [6, 6.07) is 19.5. The van der Waals surface area contributed by atoms with E-state index in [1.807, 2.05) is 19.1 Å². The molecule has 1 N–H and O–H groups in total. The molecule has 0 saturated carbocycles. The number of rotatable bonds is 8. The number of sulfonamides is 1. The summed E-state index contributed by atoms with van der Waals surface area (Å²) in [7, 11) is -2.39. The first kappa shape index (κ1) is 24.2. The number of hydrogen-bond donors (Lipinski definition) is 1. The molecule has 1 aromatic heterocycles. The molecule has 4 rings (SSSR count). The topological polar surface area (TPSA) is 112 Å². The quantitative estimate of drug-likeness (QED) is 0.292. The normalized spacial score (nSPS) is 11.4. The molecule has 0 radical (unpaired) electrons. The number of ether oxygens (including phenoxy) is 2. The third-order valence-electron chi connectivity index (χ3n) is 5.36. The third kappa shape index (κ3) is 5.59.